The van der Waals surface area contributed by atoms with Crippen molar-refractivity contribution in [2.45, 2.75) is 39.7 Å². The van der Waals surface area contributed by atoms with Crippen LogP contribution in [0.4, 0.5) is 0 Å². The van der Waals surface area contributed by atoms with Gasteiger partial charge in [-0.05, 0) is 38.4 Å². The third-order valence-corrected chi connectivity index (χ3v) is 4.71. The maximum absolute atomic E-state index is 4.66. The van der Waals surface area contributed by atoms with Gasteiger partial charge in [0.15, 0.2) is 0 Å². The first-order valence-electron chi connectivity index (χ1n) is 6.83. The van der Waals surface area contributed by atoms with Gasteiger partial charge in [0.2, 0.25) is 0 Å². The molecule has 19 heavy (non-hydrogen) atoms. The first-order valence-corrected chi connectivity index (χ1v) is 7.65. The Bertz CT molecular complexity index is 526. The lowest BCUT2D eigenvalue weighted by Gasteiger charge is -2.18. The van der Waals surface area contributed by atoms with Gasteiger partial charge in [0.1, 0.15) is 0 Å². The van der Waals surface area contributed by atoms with Crippen LogP contribution in [0.3, 0.4) is 0 Å². The Labute approximate surface area is 119 Å². The lowest BCUT2D eigenvalue weighted by molar-refractivity contribution is 0.585. The van der Waals surface area contributed by atoms with E-state index in [9.17, 15) is 0 Å². The first kappa shape index (κ1) is 14.2. The van der Waals surface area contributed by atoms with E-state index in [-0.39, 0.29) is 0 Å². The van der Waals surface area contributed by atoms with Gasteiger partial charge in [0.25, 0.3) is 0 Å². The van der Waals surface area contributed by atoms with Gasteiger partial charge in [0, 0.05) is 17.3 Å². The van der Waals surface area contributed by atoms with Crippen molar-refractivity contribution < 1.29 is 0 Å². The molecule has 3 heteroatoms. The minimum Gasteiger partial charge on any atom is -0.313 e. The summed E-state index contributed by atoms with van der Waals surface area (Å²) in [6, 6.07) is 9.04. The molecule has 1 aromatic carbocycles. The Morgan fingerprint density at radius 3 is 2.58 bits per heavy atom. The van der Waals surface area contributed by atoms with Crippen LogP contribution >= 0.6 is 11.3 Å². The molecule has 0 fully saturated rings. The number of hydrogen-bond donors (Lipinski definition) is 1. The molecule has 0 radical (unpaired) electrons. The molecule has 102 valence electrons. The smallest absolute Gasteiger partial charge is 0.0949 e. The summed E-state index contributed by atoms with van der Waals surface area (Å²) in [6.45, 7) is 6.44. The van der Waals surface area contributed by atoms with Crippen LogP contribution in [0.2, 0.25) is 0 Å². The summed E-state index contributed by atoms with van der Waals surface area (Å²) in [7, 11) is 2.03. The van der Waals surface area contributed by atoms with Crippen molar-refractivity contribution in [2.24, 2.45) is 0 Å². The molecule has 2 rings (SSSR count). The molecular weight excluding hydrogens is 252 g/mol. The Morgan fingerprint density at radius 2 is 2.00 bits per heavy atom. The number of aromatic nitrogens is 1. The Balaban J connectivity index is 2.24. The van der Waals surface area contributed by atoms with Crippen molar-refractivity contribution >= 4 is 11.3 Å². The Morgan fingerprint density at radius 1 is 1.26 bits per heavy atom. The molecule has 0 bridgehead atoms. The average Bonchev–Trinajstić information content (AvgIpc) is 2.75. The first-order chi connectivity index (χ1) is 9.15. The van der Waals surface area contributed by atoms with Crippen LogP contribution in [-0.2, 0) is 12.8 Å². The van der Waals surface area contributed by atoms with E-state index in [1.165, 1.54) is 26.7 Å². The third kappa shape index (κ3) is 3.23. The molecule has 0 aliphatic carbocycles. The maximum atomic E-state index is 4.66. The van der Waals surface area contributed by atoms with Crippen LogP contribution in [0.1, 0.15) is 39.7 Å². The zero-order valence-corrected chi connectivity index (χ0v) is 13.0. The fourth-order valence-corrected chi connectivity index (χ4v) is 3.34. The van der Waals surface area contributed by atoms with E-state index >= 15 is 0 Å². The predicted octanol–water partition coefficient (Wildman–Crippen LogP) is 3.83. The molecule has 2 nitrogen and oxygen atoms in total. The summed E-state index contributed by atoms with van der Waals surface area (Å²) < 4.78 is 0. The van der Waals surface area contributed by atoms with Gasteiger partial charge in [-0.25, -0.2) is 4.98 Å². The van der Waals surface area contributed by atoms with E-state index in [0.29, 0.717) is 6.04 Å². The van der Waals surface area contributed by atoms with E-state index in [4.69, 9.17) is 0 Å². The van der Waals surface area contributed by atoms with Crippen molar-refractivity contribution in [1.82, 2.24) is 10.3 Å². The molecule has 0 saturated heterocycles. The van der Waals surface area contributed by atoms with Gasteiger partial charge in [-0.3, -0.25) is 0 Å². The van der Waals surface area contributed by atoms with Crippen molar-refractivity contribution in [3.05, 3.63) is 51.0 Å². The van der Waals surface area contributed by atoms with Crippen molar-refractivity contribution in [3.8, 4) is 0 Å². The van der Waals surface area contributed by atoms with Gasteiger partial charge in [-0.2, -0.15) is 0 Å². The number of hydrogen-bond acceptors (Lipinski definition) is 3. The molecule has 1 N–H and O–H groups in total. The molecule has 1 unspecified atom stereocenters. The fraction of sp³-hybridized carbons (Fsp3) is 0.438. The van der Waals surface area contributed by atoms with Crippen molar-refractivity contribution in [2.75, 3.05) is 7.05 Å². The lowest BCUT2D eigenvalue weighted by Crippen LogP contribution is -2.20. The highest BCUT2D eigenvalue weighted by Crippen LogP contribution is 2.25. The fourth-order valence-electron chi connectivity index (χ4n) is 2.36. The van der Waals surface area contributed by atoms with Crippen molar-refractivity contribution in [1.29, 1.82) is 0 Å². The average molecular weight is 274 g/mol. The molecule has 1 atom stereocenters. The normalized spacial score (nSPS) is 12.6. The minimum absolute atomic E-state index is 0.348. The van der Waals surface area contributed by atoms with Crippen molar-refractivity contribution in [3.63, 3.8) is 0 Å². The molecule has 0 saturated carbocycles. The van der Waals surface area contributed by atoms with Gasteiger partial charge in [-0.15, -0.1) is 11.3 Å². The van der Waals surface area contributed by atoms with Gasteiger partial charge >= 0.3 is 0 Å². The van der Waals surface area contributed by atoms with Crippen LogP contribution < -0.4 is 5.32 Å². The van der Waals surface area contributed by atoms with Crippen LogP contribution in [0, 0.1) is 13.8 Å². The van der Waals surface area contributed by atoms with E-state index in [0.717, 1.165) is 12.8 Å². The van der Waals surface area contributed by atoms with Crippen LogP contribution in [-0.4, -0.2) is 12.0 Å². The second kappa shape index (κ2) is 6.31. The van der Waals surface area contributed by atoms with Crippen LogP contribution in [0.25, 0.3) is 0 Å². The van der Waals surface area contributed by atoms with E-state index in [1.807, 2.05) is 18.4 Å². The monoisotopic (exact) mass is 274 g/mol. The number of aryl methyl sites for hydroxylation is 3. The number of likely N-dealkylation sites (N-methyl/N-ethyl adjacent to an activating group) is 1. The summed E-state index contributed by atoms with van der Waals surface area (Å²) in [4.78, 5) is 5.98. The number of thiazole rings is 1. The number of benzene rings is 1. The number of nitrogens with one attached hydrogen (secondary N) is 1. The topological polar surface area (TPSA) is 24.9 Å². The zero-order valence-electron chi connectivity index (χ0n) is 12.2. The molecule has 0 aliphatic heterocycles. The summed E-state index contributed by atoms with van der Waals surface area (Å²) in [6.07, 6.45) is 2.04. The van der Waals surface area contributed by atoms with E-state index in [2.05, 4.69) is 55.3 Å². The van der Waals surface area contributed by atoms with E-state index < -0.39 is 0 Å². The summed E-state index contributed by atoms with van der Waals surface area (Å²) in [5.74, 6) is 0. The molecule has 1 heterocycles. The Hall–Kier alpha value is -1.19. The Kier molecular flexibility index (Phi) is 4.72. The minimum atomic E-state index is 0.348. The molecule has 1 aromatic heterocycles. The summed E-state index contributed by atoms with van der Waals surface area (Å²) in [5.41, 5.74) is 3.99. The van der Waals surface area contributed by atoms with Gasteiger partial charge in [0.05, 0.1) is 10.7 Å². The molecule has 0 amide bonds. The van der Waals surface area contributed by atoms with Crippen LogP contribution in [0.5, 0.6) is 0 Å². The highest BCUT2D eigenvalue weighted by molar-refractivity contribution is 7.11. The molecular formula is C16H22N2S. The highest BCUT2D eigenvalue weighted by Gasteiger charge is 2.15. The quantitative estimate of drug-likeness (QED) is 0.896. The molecule has 0 aliphatic rings. The van der Waals surface area contributed by atoms with E-state index in [1.54, 1.807) is 0 Å². The second-order valence-corrected chi connectivity index (χ2v) is 6.13. The number of rotatable bonds is 5. The highest BCUT2D eigenvalue weighted by atomic mass is 32.1. The lowest BCUT2D eigenvalue weighted by atomic mass is 9.97. The zero-order chi connectivity index (χ0) is 13.8. The number of nitrogens with zero attached hydrogens (tertiary/aromatic N) is 1. The molecule has 2 aromatic rings. The summed E-state index contributed by atoms with van der Waals surface area (Å²) in [5, 5.41) is 4.66. The van der Waals surface area contributed by atoms with Gasteiger partial charge in [-0.1, -0.05) is 31.2 Å². The standard InChI is InChI=1S/C16H22N2S/c1-5-13-8-6-7-9-14(13)15(17-4)10-16-18-11(2)12(3)19-16/h6-9,15,17H,5,10H2,1-4H3. The second-order valence-electron chi connectivity index (χ2n) is 4.85. The summed E-state index contributed by atoms with van der Waals surface area (Å²) >= 11 is 1.82. The third-order valence-electron chi connectivity index (χ3n) is 3.61. The van der Waals surface area contributed by atoms with Gasteiger partial charge < -0.3 is 5.32 Å². The molecule has 0 spiro atoms. The largest absolute Gasteiger partial charge is 0.313 e. The predicted molar refractivity (Wildman–Crippen MR) is 82.9 cm³/mol. The maximum Gasteiger partial charge on any atom is 0.0949 e. The van der Waals surface area contributed by atoms with Crippen LogP contribution in [0.15, 0.2) is 24.3 Å². The SMILES string of the molecule is CCc1ccccc1C(Cc1nc(C)c(C)s1)NC.